The van der Waals surface area contributed by atoms with Crippen molar-refractivity contribution in [2.45, 2.75) is 13.8 Å². The summed E-state index contributed by atoms with van der Waals surface area (Å²) in [7, 11) is 2.06. The van der Waals surface area contributed by atoms with E-state index < -0.39 is 0 Å². The van der Waals surface area contributed by atoms with Crippen LogP contribution in [-0.2, 0) is 0 Å². The molecule has 1 N–H and O–H groups in total. The third-order valence-corrected chi connectivity index (χ3v) is 1.71. The van der Waals surface area contributed by atoms with E-state index >= 15 is 0 Å². The molecule has 0 bridgehead atoms. The first-order chi connectivity index (χ1) is 4.70. The van der Waals surface area contributed by atoms with Crippen LogP contribution in [0, 0.1) is 5.92 Å². The summed E-state index contributed by atoms with van der Waals surface area (Å²) in [6.07, 6.45) is 0. The second-order valence-electron chi connectivity index (χ2n) is 3.24. The van der Waals surface area contributed by atoms with Crippen molar-refractivity contribution in [3.05, 3.63) is 0 Å². The number of nitrogens with one attached hydrogen (secondary N) is 1. The van der Waals surface area contributed by atoms with Gasteiger partial charge in [-0.2, -0.15) is 5.12 Å². The molecule has 0 aromatic carbocycles. The van der Waals surface area contributed by atoms with Crippen LogP contribution in [0.25, 0.3) is 0 Å². The zero-order valence-electron chi connectivity index (χ0n) is 7.09. The molecule has 1 rings (SSSR count). The SMILES string of the molecule is CC(C)CN1CCNN1C. The summed E-state index contributed by atoms with van der Waals surface area (Å²) in [5.41, 5.74) is 3.23. The molecule has 0 amide bonds. The Labute approximate surface area is 62.9 Å². The molecular formula is C7H17N3. The van der Waals surface area contributed by atoms with E-state index in [1.165, 1.54) is 0 Å². The van der Waals surface area contributed by atoms with Crippen molar-refractivity contribution in [3.63, 3.8) is 0 Å². The molecule has 1 aliphatic heterocycles. The first kappa shape index (κ1) is 7.98. The second-order valence-corrected chi connectivity index (χ2v) is 3.24. The molecule has 0 aromatic heterocycles. The van der Waals surface area contributed by atoms with E-state index in [2.05, 4.69) is 36.4 Å². The number of hydrogen-bond donors (Lipinski definition) is 1. The maximum atomic E-state index is 3.23. The average Bonchev–Trinajstić information content (AvgIpc) is 2.15. The molecule has 0 saturated carbocycles. The maximum Gasteiger partial charge on any atom is 0.0286 e. The Morgan fingerprint density at radius 3 is 2.60 bits per heavy atom. The number of nitrogens with zero attached hydrogens (tertiary/aromatic N) is 2. The van der Waals surface area contributed by atoms with Gasteiger partial charge in [-0.15, -0.1) is 0 Å². The lowest BCUT2D eigenvalue weighted by Crippen LogP contribution is -2.40. The Hall–Kier alpha value is -0.120. The average molecular weight is 143 g/mol. The predicted molar refractivity (Wildman–Crippen MR) is 42.2 cm³/mol. The molecule has 3 nitrogen and oxygen atoms in total. The van der Waals surface area contributed by atoms with Crippen molar-refractivity contribution in [3.8, 4) is 0 Å². The number of hydrogen-bond acceptors (Lipinski definition) is 3. The Morgan fingerprint density at radius 1 is 1.50 bits per heavy atom. The van der Waals surface area contributed by atoms with Crippen molar-refractivity contribution in [2.75, 3.05) is 26.7 Å². The molecule has 3 heteroatoms. The van der Waals surface area contributed by atoms with Gasteiger partial charge in [0.2, 0.25) is 0 Å². The molecule has 60 valence electrons. The largest absolute Gasteiger partial charge is 0.240 e. The zero-order valence-corrected chi connectivity index (χ0v) is 7.09. The van der Waals surface area contributed by atoms with Gasteiger partial charge in [0.05, 0.1) is 0 Å². The van der Waals surface area contributed by atoms with Crippen LogP contribution >= 0.6 is 0 Å². The van der Waals surface area contributed by atoms with E-state index in [9.17, 15) is 0 Å². The number of rotatable bonds is 2. The van der Waals surface area contributed by atoms with E-state index in [4.69, 9.17) is 0 Å². The molecule has 10 heavy (non-hydrogen) atoms. The van der Waals surface area contributed by atoms with Crippen LogP contribution < -0.4 is 5.43 Å². The summed E-state index contributed by atoms with van der Waals surface area (Å²) < 4.78 is 0. The summed E-state index contributed by atoms with van der Waals surface area (Å²) in [5, 5.41) is 4.41. The van der Waals surface area contributed by atoms with Crippen LogP contribution in [-0.4, -0.2) is 36.8 Å². The van der Waals surface area contributed by atoms with E-state index in [1.54, 1.807) is 0 Å². The highest BCUT2D eigenvalue weighted by Crippen LogP contribution is 2.02. The van der Waals surface area contributed by atoms with Gasteiger partial charge in [0.25, 0.3) is 0 Å². The normalized spacial score (nSPS) is 22.8. The van der Waals surface area contributed by atoms with Crippen molar-refractivity contribution in [2.24, 2.45) is 5.92 Å². The standard InChI is InChI=1S/C7H17N3/c1-7(2)6-10-5-4-8-9(10)3/h7-8H,4-6H2,1-3H3. The first-order valence-electron chi connectivity index (χ1n) is 3.92. The van der Waals surface area contributed by atoms with Gasteiger partial charge in [-0.1, -0.05) is 13.8 Å². The van der Waals surface area contributed by atoms with Gasteiger partial charge in [0, 0.05) is 26.7 Å². The third-order valence-electron chi connectivity index (χ3n) is 1.71. The van der Waals surface area contributed by atoms with E-state index in [0.29, 0.717) is 0 Å². The fraction of sp³-hybridized carbons (Fsp3) is 1.00. The van der Waals surface area contributed by atoms with Gasteiger partial charge in [-0.05, 0) is 5.92 Å². The van der Waals surface area contributed by atoms with E-state index in [0.717, 1.165) is 25.6 Å². The maximum absolute atomic E-state index is 3.23. The molecule has 1 aliphatic rings. The Morgan fingerprint density at radius 2 is 2.20 bits per heavy atom. The van der Waals surface area contributed by atoms with E-state index in [-0.39, 0.29) is 0 Å². The quantitative estimate of drug-likeness (QED) is 0.600. The summed E-state index contributed by atoms with van der Waals surface area (Å²) in [6.45, 7) is 7.87. The highest BCUT2D eigenvalue weighted by atomic mass is 15.8. The molecule has 0 aromatic rings. The van der Waals surface area contributed by atoms with Crippen molar-refractivity contribution in [1.29, 1.82) is 0 Å². The summed E-state index contributed by atoms with van der Waals surface area (Å²) in [6, 6.07) is 0. The minimum atomic E-state index is 0.752. The Bertz CT molecular complexity index is 103. The topological polar surface area (TPSA) is 18.5 Å². The van der Waals surface area contributed by atoms with Gasteiger partial charge in [0.15, 0.2) is 0 Å². The summed E-state index contributed by atoms with van der Waals surface area (Å²) >= 11 is 0. The molecule has 1 saturated heterocycles. The fourth-order valence-electron chi connectivity index (χ4n) is 1.23. The Kier molecular flexibility index (Phi) is 2.65. The van der Waals surface area contributed by atoms with Crippen LogP contribution in [0.2, 0.25) is 0 Å². The van der Waals surface area contributed by atoms with E-state index in [1.807, 2.05) is 0 Å². The lowest BCUT2D eigenvalue weighted by atomic mass is 10.2. The van der Waals surface area contributed by atoms with Crippen molar-refractivity contribution >= 4 is 0 Å². The molecule has 0 unspecified atom stereocenters. The molecule has 0 atom stereocenters. The molecular weight excluding hydrogens is 126 g/mol. The fourth-order valence-corrected chi connectivity index (χ4v) is 1.23. The summed E-state index contributed by atoms with van der Waals surface area (Å²) in [4.78, 5) is 0. The third kappa shape index (κ3) is 1.94. The van der Waals surface area contributed by atoms with Gasteiger partial charge in [0.1, 0.15) is 0 Å². The molecule has 1 fully saturated rings. The zero-order chi connectivity index (χ0) is 7.56. The monoisotopic (exact) mass is 143 g/mol. The highest BCUT2D eigenvalue weighted by Gasteiger charge is 2.17. The number of hydrazine groups is 2. The van der Waals surface area contributed by atoms with Crippen LogP contribution in [0.1, 0.15) is 13.8 Å². The predicted octanol–water partition coefficient (Wildman–Crippen LogP) is 0.309. The molecule has 0 aliphatic carbocycles. The van der Waals surface area contributed by atoms with Gasteiger partial charge >= 0.3 is 0 Å². The van der Waals surface area contributed by atoms with Gasteiger partial charge in [-0.25, -0.2) is 10.4 Å². The smallest absolute Gasteiger partial charge is 0.0286 e. The molecule has 0 radical (unpaired) electrons. The molecule has 1 heterocycles. The molecule has 0 spiro atoms. The van der Waals surface area contributed by atoms with Crippen LogP contribution in [0.3, 0.4) is 0 Å². The summed E-state index contributed by atoms with van der Waals surface area (Å²) in [5.74, 6) is 0.752. The van der Waals surface area contributed by atoms with Crippen LogP contribution in [0.4, 0.5) is 0 Å². The first-order valence-corrected chi connectivity index (χ1v) is 3.92. The lowest BCUT2D eigenvalue weighted by Gasteiger charge is -2.24. The second kappa shape index (κ2) is 3.32. The lowest BCUT2D eigenvalue weighted by molar-refractivity contribution is 0.00780. The Balaban J connectivity index is 2.26. The minimum absolute atomic E-state index is 0.752. The van der Waals surface area contributed by atoms with Gasteiger partial charge < -0.3 is 0 Å². The highest BCUT2D eigenvalue weighted by molar-refractivity contribution is 4.61. The van der Waals surface area contributed by atoms with Gasteiger partial charge in [-0.3, -0.25) is 0 Å². The van der Waals surface area contributed by atoms with Crippen LogP contribution in [0.5, 0.6) is 0 Å². The van der Waals surface area contributed by atoms with Crippen molar-refractivity contribution < 1.29 is 0 Å². The minimum Gasteiger partial charge on any atom is -0.240 e. The van der Waals surface area contributed by atoms with Crippen molar-refractivity contribution in [1.82, 2.24) is 15.6 Å². The van der Waals surface area contributed by atoms with Crippen LogP contribution in [0.15, 0.2) is 0 Å².